The Bertz CT molecular complexity index is 1810. The number of nitro groups is 1. The summed E-state index contributed by atoms with van der Waals surface area (Å²) in [5.74, 6) is -10.9. The van der Waals surface area contributed by atoms with E-state index in [1.54, 1.807) is 5.32 Å². The molecular weight excluding hydrogens is 710 g/mol. The van der Waals surface area contributed by atoms with Crippen LogP contribution in [0.25, 0.3) is 0 Å². The molecule has 2 rings (SSSR count). The quantitative estimate of drug-likeness (QED) is 0.222. The van der Waals surface area contributed by atoms with Gasteiger partial charge in [-0.15, -0.1) is 0 Å². The van der Waals surface area contributed by atoms with Crippen molar-refractivity contribution in [2.45, 2.75) is 37.5 Å². The Morgan fingerprint density at radius 3 is 1.77 bits per heavy atom. The van der Waals surface area contributed by atoms with E-state index in [4.69, 9.17) is 11.6 Å². The fraction of sp³-hybridized carbons (Fsp3) is 0.278. The summed E-state index contributed by atoms with van der Waals surface area (Å²) in [7, 11) is -18.5. The fourth-order valence-electron chi connectivity index (χ4n) is 2.89. The second-order valence-corrected chi connectivity index (χ2v) is 14.2. The standard InChI is InChI=1S/C18H9ClF10N2O9S3/c19-10-3-1-8(43(39,40)18(27,28)29)5-11(10)30-14(32)7-41(35,36)13-4-2-9(6-12(13)31(33)34)42(37,38)17(25,26)15(20,21)16(22,23)24/h1-6H,7H2,(H,30,32). The lowest BCUT2D eigenvalue weighted by Crippen LogP contribution is -2.55. The molecule has 2 aromatic carbocycles. The van der Waals surface area contributed by atoms with Gasteiger partial charge in [-0.05, 0) is 30.3 Å². The number of rotatable bonds is 9. The molecule has 25 heteroatoms. The van der Waals surface area contributed by atoms with E-state index in [0.29, 0.717) is 12.1 Å². The van der Waals surface area contributed by atoms with Crippen LogP contribution in [0.2, 0.25) is 5.02 Å². The summed E-state index contributed by atoms with van der Waals surface area (Å²) in [5, 5.41) is 5.34. The Morgan fingerprint density at radius 1 is 0.814 bits per heavy atom. The molecule has 43 heavy (non-hydrogen) atoms. The highest BCUT2D eigenvalue weighted by Crippen LogP contribution is 2.51. The third-order valence-electron chi connectivity index (χ3n) is 4.98. The van der Waals surface area contributed by atoms with Crippen molar-refractivity contribution in [1.29, 1.82) is 0 Å². The van der Waals surface area contributed by atoms with Gasteiger partial charge in [0.2, 0.25) is 5.91 Å². The Hall–Kier alpha value is -3.25. The van der Waals surface area contributed by atoms with Crippen LogP contribution in [0.1, 0.15) is 0 Å². The molecule has 0 unspecified atom stereocenters. The number of nitro benzene ring substituents is 1. The van der Waals surface area contributed by atoms with Gasteiger partial charge in [0.25, 0.3) is 25.4 Å². The number of anilines is 1. The van der Waals surface area contributed by atoms with Crippen LogP contribution in [-0.4, -0.2) is 64.7 Å². The zero-order valence-corrected chi connectivity index (χ0v) is 22.9. The third kappa shape index (κ3) is 6.50. The molecule has 0 saturated heterocycles. The van der Waals surface area contributed by atoms with Gasteiger partial charge in [-0.25, -0.2) is 25.3 Å². The molecule has 0 fully saturated rings. The number of benzene rings is 2. The highest BCUT2D eigenvalue weighted by atomic mass is 35.5. The molecule has 1 amide bonds. The SMILES string of the molecule is O=C(CS(=O)(=O)c1ccc(S(=O)(=O)C(F)(F)C(F)(F)C(F)(F)F)cc1[N+](=O)[O-])Nc1cc(S(=O)(=O)C(F)(F)F)ccc1Cl. The van der Waals surface area contributed by atoms with E-state index in [0.717, 1.165) is 0 Å². The average Bonchev–Trinajstić information content (AvgIpc) is 2.82. The Balaban J connectivity index is 2.52. The molecule has 0 saturated carbocycles. The van der Waals surface area contributed by atoms with Crippen LogP contribution in [0.4, 0.5) is 55.3 Å². The first-order valence-corrected chi connectivity index (χ1v) is 15.0. The summed E-state index contributed by atoms with van der Waals surface area (Å²) < 4.78 is 202. The van der Waals surface area contributed by atoms with Crippen molar-refractivity contribution in [1.82, 2.24) is 0 Å². The topological polar surface area (TPSA) is 175 Å². The molecule has 0 aromatic heterocycles. The van der Waals surface area contributed by atoms with Gasteiger partial charge in [-0.1, -0.05) is 11.6 Å². The van der Waals surface area contributed by atoms with Gasteiger partial charge in [0.05, 0.1) is 25.4 Å². The van der Waals surface area contributed by atoms with Crippen molar-refractivity contribution in [3.8, 4) is 0 Å². The van der Waals surface area contributed by atoms with Crippen molar-refractivity contribution in [3.63, 3.8) is 0 Å². The smallest absolute Gasteiger partial charge is 0.324 e. The maximum Gasteiger partial charge on any atom is 0.501 e. The van der Waals surface area contributed by atoms with Crippen LogP contribution in [0.15, 0.2) is 51.1 Å². The summed E-state index contributed by atoms with van der Waals surface area (Å²) in [6, 6.07) is -0.0106. The van der Waals surface area contributed by atoms with Crippen LogP contribution < -0.4 is 5.32 Å². The first-order valence-electron chi connectivity index (χ1n) is 10.0. The number of hydrogen-bond acceptors (Lipinski definition) is 9. The van der Waals surface area contributed by atoms with Gasteiger partial charge < -0.3 is 5.32 Å². The largest absolute Gasteiger partial charge is 0.501 e. The molecule has 0 aliphatic heterocycles. The maximum absolute atomic E-state index is 13.9. The van der Waals surface area contributed by atoms with Crippen molar-refractivity contribution in [3.05, 3.63) is 51.5 Å². The molecule has 0 aliphatic rings. The first-order chi connectivity index (χ1) is 19.0. The van der Waals surface area contributed by atoms with Crippen LogP contribution in [0.3, 0.4) is 0 Å². The maximum atomic E-state index is 13.9. The van der Waals surface area contributed by atoms with Crippen LogP contribution in [0.5, 0.6) is 0 Å². The Kier molecular flexibility index (Phi) is 9.22. The number of alkyl halides is 10. The number of nitrogens with one attached hydrogen (secondary N) is 1. The molecule has 2 aromatic rings. The zero-order chi connectivity index (χ0) is 33.8. The average molecular weight is 719 g/mol. The van der Waals surface area contributed by atoms with E-state index in [1.165, 1.54) is 0 Å². The highest BCUT2D eigenvalue weighted by Gasteiger charge is 2.78. The zero-order valence-electron chi connectivity index (χ0n) is 19.7. The molecule has 0 spiro atoms. The number of halogens is 11. The van der Waals surface area contributed by atoms with Gasteiger partial charge >= 0.3 is 22.9 Å². The van der Waals surface area contributed by atoms with Gasteiger partial charge in [0.1, 0.15) is 10.6 Å². The number of nitrogens with zero attached hydrogens (tertiary/aromatic N) is 1. The number of carbonyl (C=O) groups excluding carboxylic acids is 1. The minimum Gasteiger partial charge on any atom is -0.324 e. The van der Waals surface area contributed by atoms with Crippen molar-refractivity contribution in [2.24, 2.45) is 0 Å². The van der Waals surface area contributed by atoms with Gasteiger partial charge in [0.15, 0.2) is 9.84 Å². The lowest BCUT2D eigenvalue weighted by atomic mass is 10.3. The van der Waals surface area contributed by atoms with Crippen molar-refractivity contribution >= 4 is 58.4 Å². The van der Waals surface area contributed by atoms with Crippen LogP contribution in [-0.2, 0) is 34.3 Å². The highest BCUT2D eigenvalue weighted by molar-refractivity contribution is 7.93. The van der Waals surface area contributed by atoms with E-state index >= 15 is 0 Å². The Morgan fingerprint density at radius 2 is 1.30 bits per heavy atom. The van der Waals surface area contributed by atoms with E-state index in [2.05, 4.69) is 0 Å². The molecule has 11 nitrogen and oxygen atoms in total. The summed E-state index contributed by atoms with van der Waals surface area (Å²) in [6.07, 6.45) is -7.13. The number of carbonyl (C=O) groups is 1. The van der Waals surface area contributed by atoms with Gasteiger partial charge in [0, 0.05) is 6.07 Å². The molecule has 0 radical (unpaired) electrons. The third-order valence-corrected chi connectivity index (χ3v) is 10.3. The molecular formula is C18H9ClF10N2O9S3. The fourth-order valence-corrected chi connectivity index (χ4v) is 6.41. The summed E-state index contributed by atoms with van der Waals surface area (Å²) in [5.41, 5.74) is -8.73. The first kappa shape index (κ1) is 35.9. The van der Waals surface area contributed by atoms with Gasteiger partial charge in [-0.2, -0.15) is 43.9 Å². The second kappa shape index (κ2) is 11.0. The predicted octanol–water partition coefficient (Wildman–Crippen LogP) is 4.52. The summed E-state index contributed by atoms with van der Waals surface area (Å²) >= 11 is 5.65. The van der Waals surface area contributed by atoms with Crippen molar-refractivity contribution in [2.75, 3.05) is 11.1 Å². The number of hydrogen-bond donors (Lipinski definition) is 1. The minimum atomic E-state index is -7.23. The Labute approximate surface area is 237 Å². The summed E-state index contributed by atoms with van der Waals surface area (Å²) in [4.78, 5) is 16.5. The van der Waals surface area contributed by atoms with Crippen LogP contribution >= 0.6 is 11.6 Å². The van der Waals surface area contributed by atoms with Gasteiger partial charge in [-0.3, -0.25) is 14.9 Å². The van der Waals surface area contributed by atoms with Crippen LogP contribution in [0, 0.1) is 10.1 Å². The van der Waals surface area contributed by atoms with Crippen molar-refractivity contribution < 1.29 is 78.9 Å². The van der Waals surface area contributed by atoms with E-state index in [-0.39, 0.29) is 18.2 Å². The molecule has 0 aliphatic carbocycles. The second-order valence-electron chi connectivity index (χ2n) is 7.88. The minimum absolute atomic E-state index is 0.161. The molecule has 0 atom stereocenters. The molecule has 1 N–H and O–H groups in total. The lowest BCUT2D eigenvalue weighted by molar-refractivity contribution is -0.388. The molecule has 240 valence electrons. The lowest BCUT2D eigenvalue weighted by Gasteiger charge is -2.27. The monoisotopic (exact) mass is 718 g/mol. The normalized spacial score (nSPS) is 13.9. The number of amides is 1. The number of sulfone groups is 3. The molecule has 0 bridgehead atoms. The van der Waals surface area contributed by atoms with E-state index in [9.17, 15) is 84.1 Å². The van der Waals surface area contributed by atoms with E-state index < -0.39 is 106 Å². The predicted molar refractivity (Wildman–Crippen MR) is 122 cm³/mol. The summed E-state index contributed by atoms with van der Waals surface area (Å²) in [6.45, 7) is 0. The molecule has 0 heterocycles. The van der Waals surface area contributed by atoms with E-state index in [1.807, 2.05) is 0 Å².